The van der Waals surface area contributed by atoms with Crippen molar-refractivity contribution >= 4 is 27.3 Å². The molecule has 2 aromatic carbocycles. The first-order valence-electron chi connectivity index (χ1n) is 5.67. The Bertz CT molecular complexity index is 743. The molecule has 0 atom stereocenters. The molecule has 0 unspecified atom stereocenters. The van der Waals surface area contributed by atoms with E-state index in [1.165, 1.54) is 18.2 Å². The van der Waals surface area contributed by atoms with Crippen LogP contribution in [0.5, 0.6) is 0 Å². The average molecular weight is 291 g/mol. The highest BCUT2D eigenvalue weighted by atomic mass is 32.2. The van der Waals surface area contributed by atoms with Gasteiger partial charge < -0.3 is 11.5 Å². The van der Waals surface area contributed by atoms with Crippen molar-refractivity contribution < 1.29 is 13.2 Å². The van der Waals surface area contributed by atoms with Gasteiger partial charge in [0.2, 0.25) is 5.91 Å². The van der Waals surface area contributed by atoms with E-state index in [0.717, 1.165) is 0 Å². The minimum Gasteiger partial charge on any atom is -0.398 e. The van der Waals surface area contributed by atoms with E-state index in [0.29, 0.717) is 5.69 Å². The summed E-state index contributed by atoms with van der Waals surface area (Å²) < 4.78 is 26.8. The van der Waals surface area contributed by atoms with Crippen LogP contribution in [0.15, 0.2) is 53.4 Å². The molecule has 0 fully saturated rings. The zero-order valence-corrected chi connectivity index (χ0v) is 11.2. The highest BCUT2D eigenvalue weighted by Gasteiger charge is 2.18. The number of rotatable bonds is 4. The third-order valence-electron chi connectivity index (χ3n) is 2.61. The van der Waals surface area contributed by atoms with Crippen LogP contribution in [0.25, 0.3) is 0 Å². The Hall–Kier alpha value is -2.54. The van der Waals surface area contributed by atoms with Crippen LogP contribution in [0.2, 0.25) is 0 Å². The highest BCUT2D eigenvalue weighted by molar-refractivity contribution is 7.92. The zero-order chi connectivity index (χ0) is 14.8. The SMILES string of the molecule is NC(=O)c1ccc(S(=O)(=O)Nc2ccccc2)c(N)c1. The number of hydrogen-bond acceptors (Lipinski definition) is 4. The number of nitrogens with one attached hydrogen (secondary N) is 1. The lowest BCUT2D eigenvalue weighted by molar-refractivity contribution is 0.1000. The highest BCUT2D eigenvalue weighted by Crippen LogP contribution is 2.22. The standard InChI is InChI=1S/C13H13N3O3S/c14-11-8-9(13(15)17)6-7-12(11)20(18,19)16-10-4-2-1-3-5-10/h1-8,16H,14H2,(H2,15,17). The van der Waals surface area contributed by atoms with Crippen LogP contribution in [0, 0.1) is 0 Å². The van der Waals surface area contributed by atoms with E-state index >= 15 is 0 Å². The molecule has 0 saturated heterocycles. The Balaban J connectivity index is 2.37. The zero-order valence-electron chi connectivity index (χ0n) is 10.4. The van der Waals surface area contributed by atoms with E-state index in [1.54, 1.807) is 30.3 Å². The van der Waals surface area contributed by atoms with Crippen LogP contribution in [-0.2, 0) is 10.0 Å². The molecule has 5 N–H and O–H groups in total. The van der Waals surface area contributed by atoms with Gasteiger partial charge in [-0.05, 0) is 30.3 Å². The maximum atomic E-state index is 12.2. The first-order chi connectivity index (χ1) is 9.40. The molecule has 20 heavy (non-hydrogen) atoms. The summed E-state index contributed by atoms with van der Waals surface area (Å²) in [5, 5.41) is 0. The van der Waals surface area contributed by atoms with Crippen molar-refractivity contribution in [3.05, 3.63) is 54.1 Å². The monoisotopic (exact) mass is 291 g/mol. The van der Waals surface area contributed by atoms with Crippen LogP contribution in [0.1, 0.15) is 10.4 Å². The number of nitrogens with two attached hydrogens (primary N) is 2. The summed E-state index contributed by atoms with van der Waals surface area (Å²) in [7, 11) is -3.81. The van der Waals surface area contributed by atoms with Crippen LogP contribution < -0.4 is 16.2 Å². The van der Waals surface area contributed by atoms with Gasteiger partial charge in [0.05, 0.1) is 5.69 Å². The number of primary amides is 1. The third-order valence-corrected chi connectivity index (χ3v) is 4.07. The fraction of sp³-hybridized carbons (Fsp3) is 0. The second kappa shape index (κ2) is 5.22. The Labute approximate surface area is 116 Å². The van der Waals surface area contributed by atoms with Gasteiger partial charge in [-0.3, -0.25) is 9.52 Å². The summed E-state index contributed by atoms with van der Waals surface area (Å²) in [5.74, 6) is -0.670. The fourth-order valence-electron chi connectivity index (χ4n) is 1.66. The lowest BCUT2D eigenvalue weighted by Gasteiger charge is -2.10. The third kappa shape index (κ3) is 2.89. The smallest absolute Gasteiger partial charge is 0.263 e. The van der Waals surface area contributed by atoms with Crippen molar-refractivity contribution in [1.29, 1.82) is 0 Å². The van der Waals surface area contributed by atoms with E-state index in [1.807, 2.05) is 0 Å². The molecule has 0 aromatic heterocycles. The number of carbonyl (C=O) groups excluding carboxylic acids is 1. The first-order valence-corrected chi connectivity index (χ1v) is 7.15. The van der Waals surface area contributed by atoms with Gasteiger partial charge in [0.15, 0.2) is 0 Å². The van der Waals surface area contributed by atoms with Gasteiger partial charge in [-0.25, -0.2) is 8.42 Å². The Morgan fingerprint density at radius 1 is 1.05 bits per heavy atom. The molecule has 1 amide bonds. The van der Waals surface area contributed by atoms with Gasteiger partial charge in [0.1, 0.15) is 4.90 Å². The minimum absolute atomic E-state index is 0.0373. The number of sulfonamides is 1. The van der Waals surface area contributed by atoms with Gasteiger partial charge in [-0.15, -0.1) is 0 Å². The largest absolute Gasteiger partial charge is 0.398 e. The van der Waals surface area contributed by atoms with E-state index < -0.39 is 15.9 Å². The lowest BCUT2D eigenvalue weighted by atomic mass is 10.2. The minimum atomic E-state index is -3.81. The normalized spacial score (nSPS) is 11.0. The Morgan fingerprint density at radius 3 is 2.25 bits per heavy atom. The van der Waals surface area contributed by atoms with E-state index in [9.17, 15) is 13.2 Å². The molecule has 0 heterocycles. The number of carbonyl (C=O) groups is 1. The van der Waals surface area contributed by atoms with Gasteiger partial charge >= 0.3 is 0 Å². The molecule has 0 radical (unpaired) electrons. The molecule has 0 saturated carbocycles. The van der Waals surface area contributed by atoms with Crippen LogP contribution in [0.4, 0.5) is 11.4 Å². The molecular formula is C13H13N3O3S. The molecule has 0 aliphatic rings. The summed E-state index contributed by atoms with van der Waals surface area (Å²) in [6.07, 6.45) is 0. The number of benzene rings is 2. The predicted octanol–water partition coefficient (Wildman–Crippen LogP) is 1.17. The van der Waals surface area contributed by atoms with Gasteiger partial charge in [-0.2, -0.15) is 0 Å². The molecule has 0 aliphatic carbocycles. The maximum absolute atomic E-state index is 12.2. The molecule has 0 spiro atoms. The van der Waals surface area contributed by atoms with E-state index in [2.05, 4.69) is 4.72 Å². The predicted molar refractivity (Wildman–Crippen MR) is 76.6 cm³/mol. The van der Waals surface area contributed by atoms with E-state index in [4.69, 9.17) is 11.5 Å². The number of anilines is 2. The molecule has 7 heteroatoms. The summed E-state index contributed by atoms with van der Waals surface area (Å²) >= 11 is 0. The molecule has 6 nitrogen and oxygen atoms in total. The summed E-state index contributed by atoms with van der Waals surface area (Å²) in [6, 6.07) is 12.2. The lowest BCUT2D eigenvalue weighted by Crippen LogP contribution is -2.16. The van der Waals surface area contributed by atoms with Crippen LogP contribution >= 0.6 is 0 Å². The second-order valence-electron chi connectivity index (χ2n) is 4.09. The second-order valence-corrected chi connectivity index (χ2v) is 5.74. The van der Waals surface area contributed by atoms with Crippen molar-refractivity contribution in [1.82, 2.24) is 0 Å². The van der Waals surface area contributed by atoms with Crippen molar-refractivity contribution in [3.63, 3.8) is 0 Å². The van der Waals surface area contributed by atoms with Crippen LogP contribution in [-0.4, -0.2) is 14.3 Å². The average Bonchev–Trinajstić information content (AvgIpc) is 2.38. The van der Waals surface area contributed by atoms with Crippen molar-refractivity contribution in [2.24, 2.45) is 5.73 Å². The topological polar surface area (TPSA) is 115 Å². The number of para-hydroxylation sites is 1. The number of hydrogen-bond donors (Lipinski definition) is 3. The quantitative estimate of drug-likeness (QED) is 0.733. The van der Waals surface area contributed by atoms with Gasteiger partial charge in [0, 0.05) is 11.3 Å². The van der Waals surface area contributed by atoms with Gasteiger partial charge in [-0.1, -0.05) is 18.2 Å². The van der Waals surface area contributed by atoms with Crippen molar-refractivity contribution in [3.8, 4) is 0 Å². The van der Waals surface area contributed by atoms with Crippen LogP contribution in [0.3, 0.4) is 0 Å². The first kappa shape index (κ1) is 13.9. The molecule has 2 rings (SSSR count). The summed E-state index contributed by atoms with van der Waals surface area (Å²) in [5.41, 5.74) is 11.3. The van der Waals surface area contributed by atoms with Crippen molar-refractivity contribution in [2.45, 2.75) is 4.90 Å². The molecule has 0 bridgehead atoms. The molecule has 104 valence electrons. The number of amides is 1. The Morgan fingerprint density at radius 2 is 1.70 bits per heavy atom. The number of nitrogen functional groups attached to an aromatic ring is 1. The van der Waals surface area contributed by atoms with Gasteiger partial charge in [0.25, 0.3) is 10.0 Å². The Kier molecular flexibility index (Phi) is 3.62. The van der Waals surface area contributed by atoms with Crippen molar-refractivity contribution in [2.75, 3.05) is 10.5 Å². The fourth-order valence-corrected chi connectivity index (χ4v) is 2.84. The molecule has 2 aromatic rings. The van der Waals surface area contributed by atoms with E-state index in [-0.39, 0.29) is 16.1 Å². The molecule has 0 aliphatic heterocycles. The summed E-state index contributed by atoms with van der Waals surface area (Å²) in [4.78, 5) is 10.9. The molecular weight excluding hydrogens is 278 g/mol. The summed E-state index contributed by atoms with van der Waals surface area (Å²) in [6.45, 7) is 0. The maximum Gasteiger partial charge on any atom is 0.263 e.